The van der Waals surface area contributed by atoms with Gasteiger partial charge in [-0.3, -0.25) is 15.0 Å². The summed E-state index contributed by atoms with van der Waals surface area (Å²) in [6.07, 6.45) is 15.3. The van der Waals surface area contributed by atoms with Gasteiger partial charge in [0.1, 0.15) is 0 Å². The van der Waals surface area contributed by atoms with Crippen LogP contribution in [-0.4, -0.2) is 15.0 Å². The second-order valence-corrected chi connectivity index (χ2v) is 4.35. The van der Waals surface area contributed by atoms with E-state index in [9.17, 15) is 0 Å². The molecule has 0 unspecified atom stereocenters. The second-order valence-electron chi connectivity index (χ2n) is 4.35. The number of terminal acetylenes is 1. The molecule has 3 rings (SSSR count). The first-order chi connectivity index (χ1) is 11.9. The van der Waals surface area contributed by atoms with Crippen LogP contribution in [0.5, 0.6) is 0 Å². The standard InChI is InChI=1S/C14H8N2.C7H5N/c1(3-13-5-9-15-10-6-13)2-4-14-7-11-16-12-8-14;1-2-7-3-5-8-6-4-7/h5-12H;1,3-6H. The largest absolute Gasteiger partial charge is 0.265 e. The summed E-state index contributed by atoms with van der Waals surface area (Å²) in [6.45, 7) is 0. The summed E-state index contributed by atoms with van der Waals surface area (Å²) in [5, 5.41) is 0. The van der Waals surface area contributed by atoms with Crippen LogP contribution in [0.2, 0.25) is 0 Å². The average molecular weight is 307 g/mol. The van der Waals surface area contributed by atoms with Gasteiger partial charge in [0.05, 0.1) is 0 Å². The van der Waals surface area contributed by atoms with E-state index in [1.165, 1.54) is 0 Å². The Balaban J connectivity index is 0.000000219. The van der Waals surface area contributed by atoms with Crippen molar-refractivity contribution in [1.29, 1.82) is 0 Å². The maximum absolute atomic E-state index is 5.07. The monoisotopic (exact) mass is 307 g/mol. The Morgan fingerprint density at radius 3 is 1.17 bits per heavy atom. The van der Waals surface area contributed by atoms with E-state index in [-0.39, 0.29) is 0 Å². The number of nitrogens with zero attached hydrogens (tertiary/aromatic N) is 3. The van der Waals surface area contributed by atoms with Gasteiger partial charge in [-0.2, -0.15) is 0 Å². The molecule has 0 spiro atoms. The van der Waals surface area contributed by atoms with Crippen molar-refractivity contribution >= 4 is 0 Å². The Labute approximate surface area is 141 Å². The van der Waals surface area contributed by atoms with E-state index in [2.05, 4.69) is 44.6 Å². The SMILES string of the molecule is C#Cc1ccncc1.C(C#Cc1ccncc1)#Cc1ccncc1. The van der Waals surface area contributed by atoms with Crippen LogP contribution >= 0.6 is 0 Å². The first kappa shape index (κ1) is 16.5. The molecule has 24 heavy (non-hydrogen) atoms. The molecule has 0 saturated heterocycles. The highest BCUT2D eigenvalue weighted by Crippen LogP contribution is 1.93. The number of rotatable bonds is 0. The lowest BCUT2D eigenvalue weighted by molar-refractivity contribution is 1.32. The van der Waals surface area contributed by atoms with E-state index in [0.717, 1.165) is 16.7 Å². The lowest BCUT2D eigenvalue weighted by Crippen LogP contribution is -1.74. The van der Waals surface area contributed by atoms with Gasteiger partial charge < -0.3 is 0 Å². The molecule has 0 radical (unpaired) electrons. The zero-order valence-corrected chi connectivity index (χ0v) is 12.8. The molecular formula is C21H13N3. The minimum atomic E-state index is 0.875. The summed E-state index contributed by atoms with van der Waals surface area (Å²) in [4.78, 5) is 11.6. The Hall–Kier alpha value is -3.87. The van der Waals surface area contributed by atoms with Crippen molar-refractivity contribution in [1.82, 2.24) is 15.0 Å². The fourth-order valence-corrected chi connectivity index (χ4v) is 1.53. The van der Waals surface area contributed by atoms with Crippen molar-refractivity contribution in [3.8, 4) is 36.0 Å². The van der Waals surface area contributed by atoms with Gasteiger partial charge in [0.15, 0.2) is 0 Å². The van der Waals surface area contributed by atoms with E-state index in [1.807, 2.05) is 24.3 Å². The molecular weight excluding hydrogens is 294 g/mol. The quantitative estimate of drug-likeness (QED) is 0.599. The molecule has 0 N–H and O–H groups in total. The first-order valence-electron chi connectivity index (χ1n) is 7.07. The predicted molar refractivity (Wildman–Crippen MR) is 94.4 cm³/mol. The van der Waals surface area contributed by atoms with Crippen LogP contribution < -0.4 is 0 Å². The Kier molecular flexibility index (Phi) is 6.85. The van der Waals surface area contributed by atoms with Crippen molar-refractivity contribution in [3.05, 3.63) is 90.3 Å². The molecule has 0 fully saturated rings. The Morgan fingerprint density at radius 2 is 0.875 bits per heavy atom. The molecule has 0 aliphatic heterocycles. The number of aromatic nitrogens is 3. The lowest BCUT2D eigenvalue weighted by atomic mass is 10.2. The Bertz CT molecular complexity index is 849. The van der Waals surface area contributed by atoms with Gasteiger partial charge in [-0.15, -0.1) is 6.42 Å². The van der Waals surface area contributed by atoms with Gasteiger partial charge in [0.25, 0.3) is 0 Å². The maximum Gasteiger partial charge on any atom is 0.0286 e. The van der Waals surface area contributed by atoms with Crippen molar-refractivity contribution in [3.63, 3.8) is 0 Å². The minimum Gasteiger partial charge on any atom is -0.265 e. The van der Waals surface area contributed by atoms with E-state index in [4.69, 9.17) is 6.42 Å². The van der Waals surface area contributed by atoms with E-state index in [0.29, 0.717) is 0 Å². The fraction of sp³-hybridized carbons (Fsp3) is 0. The zero-order valence-electron chi connectivity index (χ0n) is 12.8. The van der Waals surface area contributed by atoms with Crippen LogP contribution in [0.4, 0.5) is 0 Å². The van der Waals surface area contributed by atoms with Crippen LogP contribution in [0.3, 0.4) is 0 Å². The molecule has 0 saturated carbocycles. The molecule has 3 heterocycles. The van der Waals surface area contributed by atoms with Gasteiger partial charge in [0.2, 0.25) is 0 Å². The molecule has 0 aliphatic carbocycles. The summed E-state index contributed by atoms with van der Waals surface area (Å²) in [5.41, 5.74) is 2.71. The highest BCUT2D eigenvalue weighted by Gasteiger charge is 1.81. The lowest BCUT2D eigenvalue weighted by Gasteiger charge is -1.84. The third-order valence-electron chi connectivity index (χ3n) is 2.68. The fourth-order valence-electron chi connectivity index (χ4n) is 1.53. The Morgan fingerprint density at radius 1 is 0.542 bits per heavy atom. The van der Waals surface area contributed by atoms with Gasteiger partial charge in [-0.25, -0.2) is 0 Å². The summed E-state index contributed by atoms with van der Waals surface area (Å²) in [7, 11) is 0. The van der Waals surface area contributed by atoms with Gasteiger partial charge in [0, 0.05) is 53.9 Å². The molecule has 0 aliphatic rings. The summed E-state index contributed by atoms with van der Waals surface area (Å²) in [5.74, 6) is 13.9. The third kappa shape index (κ3) is 6.27. The van der Waals surface area contributed by atoms with Crippen molar-refractivity contribution in [2.75, 3.05) is 0 Å². The number of hydrogen-bond donors (Lipinski definition) is 0. The van der Waals surface area contributed by atoms with Crippen LogP contribution in [0.15, 0.2) is 73.6 Å². The minimum absolute atomic E-state index is 0.875. The molecule has 3 aromatic rings. The topological polar surface area (TPSA) is 38.7 Å². The molecule has 3 nitrogen and oxygen atoms in total. The third-order valence-corrected chi connectivity index (χ3v) is 2.68. The van der Waals surface area contributed by atoms with Gasteiger partial charge >= 0.3 is 0 Å². The summed E-state index contributed by atoms with van der Waals surface area (Å²) >= 11 is 0. The van der Waals surface area contributed by atoms with Crippen molar-refractivity contribution in [2.45, 2.75) is 0 Å². The number of hydrogen-bond acceptors (Lipinski definition) is 3. The number of pyridine rings is 3. The van der Waals surface area contributed by atoms with Gasteiger partial charge in [-0.1, -0.05) is 17.8 Å². The van der Waals surface area contributed by atoms with E-state index < -0.39 is 0 Å². The molecule has 0 bridgehead atoms. The van der Waals surface area contributed by atoms with Crippen LogP contribution in [0.1, 0.15) is 16.7 Å². The molecule has 3 heteroatoms. The predicted octanol–water partition coefficient (Wildman–Crippen LogP) is 2.94. The highest BCUT2D eigenvalue weighted by molar-refractivity contribution is 5.43. The van der Waals surface area contributed by atoms with Crippen molar-refractivity contribution < 1.29 is 0 Å². The molecule has 3 aromatic heterocycles. The van der Waals surface area contributed by atoms with E-state index in [1.54, 1.807) is 49.3 Å². The molecule has 0 atom stereocenters. The van der Waals surface area contributed by atoms with Crippen LogP contribution in [-0.2, 0) is 0 Å². The first-order valence-corrected chi connectivity index (χ1v) is 7.07. The molecule has 112 valence electrons. The molecule has 0 amide bonds. The molecule has 0 aromatic carbocycles. The zero-order chi connectivity index (χ0) is 16.9. The van der Waals surface area contributed by atoms with Crippen molar-refractivity contribution in [2.24, 2.45) is 0 Å². The summed E-state index contributed by atoms with van der Waals surface area (Å²) in [6, 6.07) is 11.0. The smallest absolute Gasteiger partial charge is 0.0286 e. The average Bonchev–Trinajstić information content (AvgIpc) is 2.68. The van der Waals surface area contributed by atoms with Crippen LogP contribution in [0, 0.1) is 36.0 Å². The second kappa shape index (κ2) is 9.96. The normalized spacial score (nSPS) is 8.12. The summed E-state index contributed by atoms with van der Waals surface area (Å²) < 4.78 is 0. The van der Waals surface area contributed by atoms with E-state index >= 15 is 0 Å². The highest BCUT2D eigenvalue weighted by atomic mass is 14.6. The maximum atomic E-state index is 5.07. The van der Waals surface area contributed by atoms with Crippen LogP contribution in [0.25, 0.3) is 0 Å². The van der Waals surface area contributed by atoms with Gasteiger partial charge in [-0.05, 0) is 48.2 Å².